The summed E-state index contributed by atoms with van der Waals surface area (Å²) < 4.78 is 10.6. The van der Waals surface area contributed by atoms with Crippen LogP contribution in [0, 0.1) is 0 Å². The number of rotatable bonds is 7. The van der Waals surface area contributed by atoms with Crippen molar-refractivity contribution >= 4 is 36.0 Å². The number of nitrogens with zero attached hydrogens (tertiary/aromatic N) is 2. The zero-order valence-corrected chi connectivity index (χ0v) is 20.8. The number of ether oxygens (including phenoxy) is 2. The molecule has 0 unspecified atom stereocenters. The third-order valence-electron chi connectivity index (χ3n) is 4.27. The number of halogens is 1. The van der Waals surface area contributed by atoms with Crippen LogP contribution >= 0.6 is 24.0 Å². The van der Waals surface area contributed by atoms with Crippen LogP contribution in [0.2, 0.25) is 0 Å². The molecule has 9 heteroatoms. The number of amides is 1. The zero-order chi connectivity index (χ0) is 21.1. The Bertz CT molecular complexity index is 673. The number of aliphatic imine (C=N–C) groups is 1. The van der Waals surface area contributed by atoms with Gasteiger partial charge in [-0.3, -0.25) is 9.89 Å². The van der Waals surface area contributed by atoms with E-state index < -0.39 is 11.7 Å². The number of nitrogens with one attached hydrogen (secondary N) is 3. The fraction of sp³-hybridized carbons (Fsp3) is 0.619. The summed E-state index contributed by atoms with van der Waals surface area (Å²) in [5.74, 6) is 0.689. The molecule has 0 aliphatic carbocycles. The van der Waals surface area contributed by atoms with Crippen molar-refractivity contribution < 1.29 is 14.3 Å². The van der Waals surface area contributed by atoms with E-state index in [4.69, 9.17) is 9.47 Å². The number of carbonyl (C=O) groups excluding carboxylic acids is 1. The largest absolute Gasteiger partial charge is 0.444 e. The molecule has 1 aromatic rings. The second kappa shape index (κ2) is 13.7. The number of alkyl carbamates (subject to hydrolysis) is 1. The van der Waals surface area contributed by atoms with E-state index in [1.807, 2.05) is 20.8 Å². The van der Waals surface area contributed by atoms with Crippen LogP contribution in [0.5, 0.6) is 0 Å². The predicted octanol–water partition coefficient (Wildman–Crippen LogP) is 2.33. The molecular weight excluding hydrogens is 497 g/mol. The Balaban J connectivity index is 0.00000450. The predicted molar refractivity (Wildman–Crippen MR) is 130 cm³/mol. The van der Waals surface area contributed by atoms with Crippen molar-refractivity contribution in [1.29, 1.82) is 0 Å². The topological polar surface area (TPSA) is 87.2 Å². The number of hydrogen-bond acceptors (Lipinski definition) is 5. The molecule has 1 aliphatic heterocycles. The smallest absolute Gasteiger partial charge is 0.407 e. The highest BCUT2D eigenvalue weighted by Gasteiger charge is 2.15. The molecule has 1 saturated heterocycles. The van der Waals surface area contributed by atoms with Crippen molar-refractivity contribution in [3.05, 3.63) is 35.4 Å². The van der Waals surface area contributed by atoms with Crippen molar-refractivity contribution in [3.63, 3.8) is 0 Å². The van der Waals surface area contributed by atoms with E-state index >= 15 is 0 Å². The monoisotopic (exact) mass is 533 g/mol. The average Bonchev–Trinajstić information content (AvgIpc) is 2.67. The van der Waals surface area contributed by atoms with Gasteiger partial charge in [0.15, 0.2) is 5.96 Å². The molecule has 0 radical (unpaired) electrons. The van der Waals surface area contributed by atoms with Gasteiger partial charge in [0.2, 0.25) is 0 Å². The molecule has 1 heterocycles. The van der Waals surface area contributed by atoms with Gasteiger partial charge in [0.05, 0.1) is 13.2 Å². The molecule has 1 aromatic carbocycles. The maximum absolute atomic E-state index is 11.6. The fourth-order valence-corrected chi connectivity index (χ4v) is 2.92. The molecule has 0 saturated carbocycles. The Labute approximate surface area is 197 Å². The molecule has 2 rings (SSSR count). The first-order valence-electron chi connectivity index (χ1n) is 10.1. The maximum atomic E-state index is 11.6. The molecule has 0 bridgehead atoms. The summed E-state index contributed by atoms with van der Waals surface area (Å²) in [5, 5.41) is 9.21. The third-order valence-corrected chi connectivity index (χ3v) is 4.27. The molecule has 170 valence electrons. The highest BCUT2D eigenvalue weighted by Crippen LogP contribution is 2.10. The highest BCUT2D eigenvalue weighted by atomic mass is 127. The number of benzene rings is 1. The lowest BCUT2D eigenvalue weighted by Crippen LogP contribution is -2.42. The van der Waals surface area contributed by atoms with Crippen LogP contribution in [0.15, 0.2) is 29.3 Å². The molecule has 8 nitrogen and oxygen atoms in total. The summed E-state index contributed by atoms with van der Waals surface area (Å²) in [6.45, 7) is 11.7. The Morgan fingerprint density at radius 3 is 2.47 bits per heavy atom. The summed E-state index contributed by atoms with van der Waals surface area (Å²) in [5.41, 5.74) is 2.01. The van der Waals surface area contributed by atoms with E-state index in [1.54, 1.807) is 7.05 Å². The van der Waals surface area contributed by atoms with Crippen LogP contribution in [0.4, 0.5) is 4.79 Å². The SMILES string of the molecule is CN=C(NCCNC(=O)OC(C)(C)C)NCc1cccc(CN2CCOCC2)c1.I. The van der Waals surface area contributed by atoms with Crippen molar-refractivity contribution in [3.8, 4) is 0 Å². The van der Waals surface area contributed by atoms with Crippen molar-refractivity contribution in [1.82, 2.24) is 20.9 Å². The lowest BCUT2D eigenvalue weighted by Gasteiger charge is -2.26. The minimum Gasteiger partial charge on any atom is -0.444 e. The number of carbonyl (C=O) groups is 1. The molecule has 0 spiro atoms. The van der Waals surface area contributed by atoms with Crippen LogP contribution in [0.25, 0.3) is 0 Å². The van der Waals surface area contributed by atoms with Crippen LogP contribution in [-0.4, -0.2) is 69.0 Å². The fourth-order valence-electron chi connectivity index (χ4n) is 2.92. The molecule has 1 amide bonds. The van der Waals surface area contributed by atoms with Gasteiger partial charge in [-0.1, -0.05) is 24.3 Å². The van der Waals surface area contributed by atoms with Crippen molar-refractivity contribution in [2.75, 3.05) is 46.4 Å². The van der Waals surface area contributed by atoms with Crippen LogP contribution in [0.3, 0.4) is 0 Å². The van der Waals surface area contributed by atoms with Gasteiger partial charge in [-0.2, -0.15) is 0 Å². The molecule has 30 heavy (non-hydrogen) atoms. The first-order valence-corrected chi connectivity index (χ1v) is 10.1. The molecule has 0 aromatic heterocycles. The van der Waals surface area contributed by atoms with Gasteiger partial charge >= 0.3 is 6.09 Å². The zero-order valence-electron chi connectivity index (χ0n) is 18.5. The second-order valence-electron chi connectivity index (χ2n) is 7.99. The van der Waals surface area contributed by atoms with Gasteiger partial charge in [-0.05, 0) is 31.9 Å². The van der Waals surface area contributed by atoms with Gasteiger partial charge in [0.1, 0.15) is 5.60 Å². The Hall–Kier alpha value is -1.59. The Kier molecular flexibility index (Phi) is 12.0. The number of guanidine groups is 1. The molecule has 1 fully saturated rings. The van der Waals surface area contributed by atoms with Crippen molar-refractivity contribution in [2.24, 2.45) is 4.99 Å². The first-order chi connectivity index (χ1) is 13.9. The van der Waals surface area contributed by atoms with E-state index in [-0.39, 0.29) is 24.0 Å². The van der Waals surface area contributed by atoms with E-state index in [9.17, 15) is 4.79 Å². The quantitative estimate of drug-likeness (QED) is 0.216. The van der Waals surface area contributed by atoms with E-state index in [1.165, 1.54) is 11.1 Å². The van der Waals surface area contributed by atoms with Crippen LogP contribution in [0.1, 0.15) is 31.9 Å². The normalized spacial score (nSPS) is 15.1. The van der Waals surface area contributed by atoms with Crippen molar-refractivity contribution in [2.45, 2.75) is 39.5 Å². The summed E-state index contributed by atoms with van der Waals surface area (Å²) in [4.78, 5) is 18.3. The van der Waals surface area contributed by atoms with E-state index in [2.05, 4.69) is 50.1 Å². The second-order valence-corrected chi connectivity index (χ2v) is 7.99. The molecule has 1 aliphatic rings. The summed E-state index contributed by atoms with van der Waals surface area (Å²) in [7, 11) is 1.73. The Morgan fingerprint density at radius 2 is 1.80 bits per heavy atom. The standard InChI is InChI=1S/C21H35N5O3.HI/c1-21(2,3)29-20(27)24-9-8-23-19(22-4)25-15-17-6-5-7-18(14-17)16-26-10-12-28-13-11-26;/h5-7,14H,8-13,15-16H2,1-4H3,(H,24,27)(H2,22,23,25);1H. The van der Waals surface area contributed by atoms with E-state index in [0.29, 0.717) is 25.6 Å². The highest BCUT2D eigenvalue weighted by molar-refractivity contribution is 14.0. The van der Waals surface area contributed by atoms with Gasteiger partial charge in [0.25, 0.3) is 0 Å². The molecule has 0 atom stereocenters. The number of morpholine rings is 1. The van der Waals surface area contributed by atoms with Gasteiger partial charge in [-0.15, -0.1) is 24.0 Å². The minimum atomic E-state index is -0.495. The molecular formula is C21H36IN5O3. The van der Waals surface area contributed by atoms with Gasteiger partial charge in [0, 0.05) is 46.3 Å². The van der Waals surface area contributed by atoms with Crippen LogP contribution < -0.4 is 16.0 Å². The summed E-state index contributed by atoms with van der Waals surface area (Å²) >= 11 is 0. The lowest BCUT2D eigenvalue weighted by molar-refractivity contribution is 0.0342. The Morgan fingerprint density at radius 1 is 1.13 bits per heavy atom. The molecule has 3 N–H and O–H groups in total. The third kappa shape index (κ3) is 11.0. The maximum Gasteiger partial charge on any atom is 0.407 e. The van der Waals surface area contributed by atoms with Gasteiger partial charge < -0.3 is 25.4 Å². The minimum absolute atomic E-state index is 0. The average molecular weight is 533 g/mol. The summed E-state index contributed by atoms with van der Waals surface area (Å²) in [6, 6.07) is 8.58. The lowest BCUT2D eigenvalue weighted by atomic mass is 10.1. The van der Waals surface area contributed by atoms with Crippen LogP contribution in [-0.2, 0) is 22.6 Å². The van der Waals surface area contributed by atoms with Gasteiger partial charge in [-0.25, -0.2) is 4.79 Å². The first kappa shape index (κ1) is 26.4. The summed E-state index contributed by atoms with van der Waals surface area (Å²) in [6.07, 6.45) is -0.417. The van der Waals surface area contributed by atoms with E-state index in [0.717, 1.165) is 32.8 Å². The number of hydrogen-bond donors (Lipinski definition) is 3.